The number of amides is 1. The molecule has 1 rings (SSSR count). The van der Waals surface area contributed by atoms with Gasteiger partial charge in [-0.1, -0.05) is 0 Å². The van der Waals surface area contributed by atoms with Gasteiger partial charge in [-0.05, 0) is 40.8 Å². The fourth-order valence-electron chi connectivity index (χ4n) is 1.76. The summed E-state index contributed by atoms with van der Waals surface area (Å²) >= 11 is 0. The van der Waals surface area contributed by atoms with Gasteiger partial charge in [0.1, 0.15) is 5.69 Å². The van der Waals surface area contributed by atoms with Crippen molar-refractivity contribution in [2.24, 2.45) is 0 Å². The molecule has 108 valence electrons. The van der Waals surface area contributed by atoms with Crippen LogP contribution in [-0.2, 0) is 6.54 Å². The predicted molar refractivity (Wildman–Crippen MR) is 77.0 cm³/mol. The van der Waals surface area contributed by atoms with E-state index in [0.29, 0.717) is 30.5 Å². The Labute approximate surface area is 114 Å². The molecule has 0 saturated heterocycles. The van der Waals surface area contributed by atoms with Crippen molar-refractivity contribution < 1.29 is 4.79 Å². The molecule has 0 aliphatic heterocycles. The number of aromatic nitrogens is 2. The molecule has 0 unspecified atom stereocenters. The molecule has 1 amide bonds. The Morgan fingerprint density at radius 1 is 1.58 bits per heavy atom. The fourth-order valence-corrected chi connectivity index (χ4v) is 1.76. The number of hydrogen-bond donors (Lipinski definition) is 2. The zero-order valence-corrected chi connectivity index (χ0v) is 12.3. The van der Waals surface area contributed by atoms with Crippen LogP contribution >= 0.6 is 0 Å². The lowest BCUT2D eigenvalue weighted by molar-refractivity contribution is 0.0942. The number of nitrogens with two attached hydrogens (primary N) is 1. The number of nitrogen functional groups attached to an aromatic ring is 1. The van der Waals surface area contributed by atoms with E-state index in [-0.39, 0.29) is 5.91 Å². The maximum atomic E-state index is 12.0. The SMILES string of the molecule is CCn1ncc(N)c1C(=O)NCCCN(C)C(C)C. The summed E-state index contributed by atoms with van der Waals surface area (Å²) in [6.45, 7) is 8.47. The van der Waals surface area contributed by atoms with Crippen LogP contribution in [0.25, 0.3) is 0 Å². The summed E-state index contributed by atoms with van der Waals surface area (Å²) in [5.41, 5.74) is 6.65. The number of nitrogens with zero attached hydrogens (tertiary/aromatic N) is 3. The minimum Gasteiger partial charge on any atom is -0.396 e. The van der Waals surface area contributed by atoms with Crippen LogP contribution in [-0.4, -0.2) is 46.8 Å². The summed E-state index contributed by atoms with van der Waals surface area (Å²) in [5, 5.41) is 6.95. The predicted octanol–water partition coefficient (Wildman–Crippen LogP) is 0.945. The third-order valence-electron chi connectivity index (χ3n) is 3.24. The van der Waals surface area contributed by atoms with Crippen molar-refractivity contribution in [2.45, 2.75) is 39.8 Å². The second-order valence-corrected chi connectivity index (χ2v) is 4.95. The Kier molecular flexibility index (Phi) is 5.82. The van der Waals surface area contributed by atoms with Crippen molar-refractivity contribution in [3.05, 3.63) is 11.9 Å². The highest BCUT2D eigenvalue weighted by atomic mass is 16.2. The van der Waals surface area contributed by atoms with Gasteiger partial charge in [0.25, 0.3) is 5.91 Å². The molecule has 0 aromatic carbocycles. The lowest BCUT2D eigenvalue weighted by Gasteiger charge is -2.20. The molecule has 1 heterocycles. The van der Waals surface area contributed by atoms with Crippen molar-refractivity contribution in [1.82, 2.24) is 20.0 Å². The van der Waals surface area contributed by atoms with Gasteiger partial charge in [0.05, 0.1) is 11.9 Å². The van der Waals surface area contributed by atoms with Gasteiger partial charge < -0.3 is 16.0 Å². The molecule has 19 heavy (non-hydrogen) atoms. The second-order valence-electron chi connectivity index (χ2n) is 4.95. The molecule has 0 bridgehead atoms. The zero-order valence-electron chi connectivity index (χ0n) is 12.3. The molecule has 0 fully saturated rings. The van der Waals surface area contributed by atoms with Crippen LogP contribution in [0, 0.1) is 0 Å². The van der Waals surface area contributed by atoms with Crippen LogP contribution in [0.2, 0.25) is 0 Å². The quantitative estimate of drug-likeness (QED) is 0.721. The summed E-state index contributed by atoms with van der Waals surface area (Å²) in [4.78, 5) is 14.3. The average molecular weight is 267 g/mol. The third-order valence-corrected chi connectivity index (χ3v) is 3.24. The van der Waals surface area contributed by atoms with Gasteiger partial charge in [-0.3, -0.25) is 9.48 Å². The summed E-state index contributed by atoms with van der Waals surface area (Å²) in [6.07, 6.45) is 2.44. The first-order chi connectivity index (χ1) is 8.97. The Balaban J connectivity index is 2.41. The van der Waals surface area contributed by atoms with Crippen molar-refractivity contribution >= 4 is 11.6 Å². The van der Waals surface area contributed by atoms with Gasteiger partial charge in [0.2, 0.25) is 0 Å². The topological polar surface area (TPSA) is 76.2 Å². The highest BCUT2D eigenvalue weighted by molar-refractivity contribution is 5.97. The number of nitrogens with one attached hydrogen (secondary N) is 1. The molecule has 0 atom stereocenters. The van der Waals surface area contributed by atoms with Crippen molar-refractivity contribution in [3.63, 3.8) is 0 Å². The van der Waals surface area contributed by atoms with Crippen LogP contribution in [0.1, 0.15) is 37.7 Å². The normalized spacial score (nSPS) is 11.3. The van der Waals surface area contributed by atoms with E-state index < -0.39 is 0 Å². The van der Waals surface area contributed by atoms with E-state index >= 15 is 0 Å². The van der Waals surface area contributed by atoms with Gasteiger partial charge >= 0.3 is 0 Å². The van der Waals surface area contributed by atoms with Crippen LogP contribution in [0.4, 0.5) is 5.69 Å². The molecule has 0 spiro atoms. The Morgan fingerprint density at radius 3 is 2.84 bits per heavy atom. The maximum Gasteiger partial charge on any atom is 0.271 e. The first kappa shape index (κ1) is 15.5. The maximum absolute atomic E-state index is 12.0. The lowest BCUT2D eigenvalue weighted by Crippen LogP contribution is -2.32. The van der Waals surface area contributed by atoms with Crippen LogP contribution in [0.5, 0.6) is 0 Å². The molecular formula is C13H25N5O. The molecular weight excluding hydrogens is 242 g/mol. The monoisotopic (exact) mass is 267 g/mol. The van der Waals surface area contributed by atoms with Gasteiger partial charge in [-0.25, -0.2) is 0 Å². The summed E-state index contributed by atoms with van der Waals surface area (Å²) < 4.78 is 1.62. The molecule has 0 aliphatic rings. The number of aryl methyl sites for hydroxylation is 1. The largest absolute Gasteiger partial charge is 0.396 e. The highest BCUT2D eigenvalue weighted by Gasteiger charge is 2.15. The molecule has 0 aliphatic carbocycles. The average Bonchev–Trinajstić information content (AvgIpc) is 2.75. The van der Waals surface area contributed by atoms with Gasteiger partial charge in [0.15, 0.2) is 0 Å². The van der Waals surface area contributed by atoms with Gasteiger partial charge in [-0.15, -0.1) is 0 Å². The lowest BCUT2D eigenvalue weighted by atomic mass is 10.3. The molecule has 1 aromatic rings. The van der Waals surface area contributed by atoms with Gasteiger partial charge in [0, 0.05) is 19.1 Å². The van der Waals surface area contributed by atoms with E-state index in [1.54, 1.807) is 4.68 Å². The molecule has 0 radical (unpaired) electrons. The van der Waals surface area contributed by atoms with Crippen LogP contribution in [0.15, 0.2) is 6.20 Å². The van der Waals surface area contributed by atoms with E-state index in [4.69, 9.17) is 5.73 Å². The summed E-state index contributed by atoms with van der Waals surface area (Å²) in [6, 6.07) is 0.521. The van der Waals surface area contributed by atoms with Crippen LogP contribution < -0.4 is 11.1 Å². The first-order valence-electron chi connectivity index (χ1n) is 6.77. The van der Waals surface area contributed by atoms with E-state index in [0.717, 1.165) is 13.0 Å². The second kappa shape index (κ2) is 7.13. The molecule has 3 N–H and O–H groups in total. The number of rotatable bonds is 7. The number of hydrogen-bond acceptors (Lipinski definition) is 4. The minimum absolute atomic E-state index is 0.149. The van der Waals surface area contributed by atoms with Crippen molar-refractivity contribution in [1.29, 1.82) is 0 Å². The van der Waals surface area contributed by atoms with E-state index in [2.05, 4.69) is 36.2 Å². The van der Waals surface area contributed by atoms with Gasteiger partial charge in [-0.2, -0.15) is 5.10 Å². The summed E-state index contributed by atoms with van der Waals surface area (Å²) in [7, 11) is 2.08. The third kappa shape index (κ3) is 4.24. The Bertz CT molecular complexity index is 413. The summed E-state index contributed by atoms with van der Waals surface area (Å²) in [5.74, 6) is -0.149. The molecule has 6 heteroatoms. The van der Waals surface area contributed by atoms with E-state index in [1.807, 2.05) is 6.92 Å². The van der Waals surface area contributed by atoms with Crippen molar-refractivity contribution in [3.8, 4) is 0 Å². The van der Waals surface area contributed by atoms with Crippen molar-refractivity contribution in [2.75, 3.05) is 25.9 Å². The Hall–Kier alpha value is -1.56. The molecule has 0 saturated carbocycles. The number of carbonyl (C=O) groups excluding carboxylic acids is 1. The van der Waals surface area contributed by atoms with E-state index in [9.17, 15) is 4.79 Å². The highest BCUT2D eigenvalue weighted by Crippen LogP contribution is 2.10. The first-order valence-corrected chi connectivity index (χ1v) is 6.77. The smallest absolute Gasteiger partial charge is 0.271 e. The standard InChI is InChI=1S/C13H25N5O/c1-5-18-12(11(14)9-16-18)13(19)15-7-6-8-17(4)10(2)3/h9-10H,5-8,14H2,1-4H3,(H,15,19). The van der Waals surface area contributed by atoms with Crippen LogP contribution in [0.3, 0.4) is 0 Å². The number of carbonyl (C=O) groups is 1. The number of anilines is 1. The minimum atomic E-state index is -0.149. The fraction of sp³-hybridized carbons (Fsp3) is 0.692. The molecule has 6 nitrogen and oxygen atoms in total. The van der Waals surface area contributed by atoms with E-state index in [1.165, 1.54) is 6.20 Å². The zero-order chi connectivity index (χ0) is 14.4. The molecule has 1 aromatic heterocycles. The Morgan fingerprint density at radius 2 is 2.26 bits per heavy atom.